The van der Waals surface area contributed by atoms with Gasteiger partial charge in [0.2, 0.25) is 5.91 Å². The number of carbonyl (C=O) groups is 2. The lowest BCUT2D eigenvalue weighted by Gasteiger charge is -2.19. The molecule has 0 unspecified atom stereocenters. The van der Waals surface area contributed by atoms with E-state index in [0.29, 0.717) is 18.7 Å². The topological polar surface area (TPSA) is 49.4 Å². The average molecular weight is 344 g/mol. The van der Waals surface area contributed by atoms with Gasteiger partial charge in [-0.1, -0.05) is 12.1 Å². The van der Waals surface area contributed by atoms with E-state index in [1.807, 2.05) is 18.2 Å². The monoisotopic (exact) mass is 344 g/mol. The lowest BCUT2D eigenvalue weighted by Crippen LogP contribution is -2.37. The molecule has 1 heterocycles. The highest BCUT2D eigenvalue weighted by molar-refractivity contribution is 14.1. The fourth-order valence-electron chi connectivity index (χ4n) is 1.78. The fraction of sp³-hybridized carbons (Fsp3) is 0.333. The lowest BCUT2D eigenvalue weighted by atomic mass is 10.2. The number of nitrogens with one attached hydrogen (secondary N) is 1. The second kappa shape index (κ2) is 5.48. The van der Waals surface area contributed by atoms with Crippen molar-refractivity contribution in [3.05, 3.63) is 33.4 Å². The first kappa shape index (κ1) is 12.3. The molecular formula is C12H13IN2O2. The number of halogens is 1. The molecule has 4 nitrogen and oxygen atoms in total. The summed E-state index contributed by atoms with van der Waals surface area (Å²) in [5.41, 5.74) is 0.669. The Balaban J connectivity index is 2.19. The van der Waals surface area contributed by atoms with Crippen LogP contribution in [0.1, 0.15) is 16.8 Å². The van der Waals surface area contributed by atoms with Gasteiger partial charge in [0.05, 0.1) is 12.1 Å². The molecule has 0 aromatic heterocycles. The molecule has 5 heteroatoms. The summed E-state index contributed by atoms with van der Waals surface area (Å²) in [5, 5.41) is 2.76. The molecule has 1 N–H and O–H groups in total. The maximum absolute atomic E-state index is 12.3. The van der Waals surface area contributed by atoms with Crippen LogP contribution in [0.5, 0.6) is 0 Å². The molecule has 0 radical (unpaired) electrons. The minimum Gasteiger partial charge on any atom is -0.354 e. The summed E-state index contributed by atoms with van der Waals surface area (Å²) in [7, 11) is 0. The van der Waals surface area contributed by atoms with E-state index in [4.69, 9.17) is 0 Å². The molecule has 0 spiro atoms. The Morgan fingerprint density at radius 1 is 1.35 bits per heavy atom. The Morgan fingerprint density at radius 2 is 2.12 bits per heavy atom. The van der Waals surface area contributed by atoms with Crippen LogP contribution in [-0.4, -0.2) is 36.3 Å². The Kier molecular flexibility index (Phi) is 3.98. The predicted molar refractivity (Wildman–Crippen MR) is 72.7 cm³/mol. The minimum absolute atomic E-state index is 0.0629. The van der Waals surface area contributed by atoms with Crippen LogP contribution in [0, 0.1) is 3.57 Å². The molecular weight excluding hydrogens is 331 g/mol. The van der Waals surface area contributed by atoms with E-state index in [0.717, 1.165) is 9.99 Å². The predicted octanol–water partition coefficient (Wildman–Crippen LogP) is 1.25. The second-order valence-corrected chi connectivity index (χ2v) is 5.07. The maximum atomic E-state index is 12.3. The number of carbonyl (C=O) groups excluding carboxylic acids is 2. The quantitative estimate of drug-likeness (QED) is 0.780. The van der Waals surface area contributed by atoms with Gasteiger partial charge in [-0.3, -0.25) is 9.59 Å². The van der Waals surface area contributed by atoms with Gasteiger partial charge >= 0.3 is 0 Å². The molecule has 90 valence electrons. The molecule has 0 saturated carbocycles. The normalized spacial score (nSPS) is 16.3. The van der Waals surface area contributed by atoms with Gasteiger partial charge in [-0.2, -0.15) is 0 Å². The van der Waals surface area contributed by atoms with Gasteiger partial charge in [0.1, 0.15) is 0 Å². The van der Waals surface area contributed by atoms with Crippen molar-refractivity contribution in [1.82, 2.24) is 10.2 Å². The van der Waals surface area contributed by atoms with Gasteiger partial charge in [-0.15, -0.1) is 0 Å². The molecule has 2 rings (SSSR count). The van der Waals surface area contributed by atoms with Crippen LogP contribution in [0.25, 0.3) is 0 Å². The lowest BCUT2D eigenvalue weighted by molar-refractivity contribution is -0.121. The van der Waals surface area contributed by atoms with Gasteiger partial charge in [0.25, 0.3) is 5.91 Å². The van der Waals surface area contributed by atoms with Gasteiger partial charge in [-0.25, -0.2) is 0 Å². The van der Waals surface area contributed by atoms with Crippen molar-refractivity contribution in [2.75, 3.05) is 19.6 Å². The molecule has 0 bridgehead atoms. The van der Waals surface area contributed by atoms with E-state index in [1.165, 1.54) is 0 Å². The SMILES string of the molecule is O=C1CN(C(=O)c2ccccc2I)CCCN1. The van der Waals surface area contributed by atoms with Crippen molar-refractivity contribution >= 4 is 34.4 Å². The third-order valence-electron chi connectivity index (χ3n) is 2.65. The highest BCUT2D eigenvalue weighted by Crippen LogP contribution is 2.14. The maximum Gasteiger partial charge on any atom is 0.255 e. The summed E-state index contributed by atoms with van der Waals surface area (Å²) in [6.07, 6.45) is 0.806. The molecule has 1 aromatic rings. The summed E-state index contributed by atoms with van der Waals surface area (Å²) in [6, 6.07) is 7.43. The summed E-state index contributed by atoms with van der Waals surface area (Å²) in [4.78, 5) is 25.3. The summed E-state index contributed by atoms with van der Waals surface area (Å²) in [5.74, 6) is -0.145. The molecule has 1 fully saturated rings. The zero-order chi connectivity index (χ0) is 12.3. The van der Waals surface area contributed by atoms with Crippen molar-refractivity contribution in [2.24, 2.45) is 0 Å². The average Bonchev–Trinajstić information content (AvgIpc) is 2.54. The molecule has 0 atom stereocenters. The van der Waals surface area contributed by atoms with Crippen LogP contribution in [0.15, 0.2) is 24.3 Å². The third kappa shape index (κ3) is 2.96. The zero-order valence-electron chi connectivity index (χ0n) is 9.28. The number of hydrogen-bond acceptors (Lipinski definition) is 2. The van der Waals surface area contributed by atoms with Gasteiger partial charge in [0.15, 0.2) is 0 Å². The van der Waals surface area contributed by atoms with Crippen LogP contribution >= 0.6 is 22.6 Å². The van der Waals surface area contributed by atoms with Crippen LogP contribution in [0.2, 0.25) is 0 Å². The molecule has 2 amide bonds. The first-order valence-corrected chi connectivity index (χ1v) is 6.57. The van der Waals surface area contributed by atoms with Gasteiger partial charge < -0.3 is 10.2 Å². The van der Waals surface area contributed by atoms with E-state index >= 15 is 0 Å². The van der Waals surface area contributed by atoms with Crippen LogP contribution in [-0.2, 0) is 4.79 Å². The van der Waals surface area contributed by atoms with Gasteiger partial charge in [-0.05, 0) is 41.1 Å². The van der Waals surface area contributed by atoms with Crippen LogP contribution in [0.4, 0.5) is 0 Å². The third-order valence-corrected chi connectivity index (χ3v) is 3.59. The molecule has 17 heavy (non-hydrogen) atoms. The standard InChI is InChI=1S/C12H13IN2O2/c13-10-5-2-1-4-9(10)12(17)15-7-3-6-14-11(16)8-15/h1-2,4-5H,3,6-8H2,(H,14,16). The molecule has 1 aliphatic rings. The smallest absolute Gasteiger partial charge is 0.255 e. The minimum atomic E-state index is -0.0817. The number of hydrogen-bond donors (Lipinski definition) is 1. The van der Waals surface area contributed by atoms with Crippen LogP contribution in [0.3, 0.4) is 0 Å². The Hall–Kier alpha value is -1.11. The number of rotatable bonds is 1. The number of nitrogens with zero attached hydrogens (tertiary/aromatic N) is 1. The fourth-order valence-corrected chi connectivity index (χ4v) is 2.40. The van der Waals surface area contributed by atoms with E-state index < -0.39 is 0 Å². The van der Waals surface area contributed by atoms with E-state index in [9.17, 15) is 9.59 Å². The van der Waals surface area contributed by atoms with Crippen LogP contribution < -0.4 is 5.32 Å². The van der Waals surface area contributed by atoms with Gasteiger partial charge in [0, 0.05) is 16.7 Å². The first-order valence-electron chi connectivity index (χ1n) is 5.49. The number of benzene rings is 1. The highest BCUT2D eigenvalue weighted by Gasteiger charge is 2.21. The van der Waals surface area contributed by atoms with E-state index in [-0.39, 0.29) is 18.4 Å². The van der Waals surface area contributed by atoms with Crippen molar-refractivity contribution in [1.29, 1.82) is 0 Å². The summed E-state index contributed by atoms with van der Waals surface area (Å²) in [6.45, 7) is 1.43. The van der Waals surface area contributed by atoms with E-state index in [1.54, 1.807) is 11.0 Å². The second-order valence-electron chi connectivity index (χ2n) is 3.91. The highest BCUT2D eigenvalue weighted by atomic mass is 127. The number of amides is 2. The molecule has 1 aromatic carbocycles. The molecule has 0 aliphatic carbocycles. The Bertz CT molecular complexity index is 448. The molecule has 1 aliphatic heterocycles. The van der Waals surface area contributed by atoms with E-state index in [2.05, 4.69) is 27.9 Å². The van der Waals surface area contributed by atoms with Crippen molar-refractivity contribution < 1.29 is 9.59 Å². The molecule has 1 saturated heterocycles. The van der Waals surface area contributed by atoms with Crippen molar-refractivity contribution in [3.8, 4) is 0 Å². The Labute approximate surface area is 114 Å². The van der Waals surface area contributed by atoms with Crippen molar-refractivity contribution in [3.63, 3.8) is 0 Å². The zero-order valence-corrected chi connectivity index (χ0v) is 11.4. The first-order chi connectivity index (χ1) is 8.18. The largest absolute Gasteiger partial charge is 0.354 e. The summed E-state index contributed by atoms with van der Waals surface area (Å²) < 4.78 is 0.916. The Morgan fingerprint density at radius 3 is 2.88 bits per heavy atom. The van der Waals surface area contributed by atoms with Crippen molar-refractivity contribution in [2.45, 2.75) is 6.42 Å². The summed E-state index contributed by atoms with van der Waals surface area (Å²) >= 11 is 2.14.